The van der Waals surface area contributed by atoms with E-state index in [2.05, 4.69) is 11.4 Å². The van der Waals surface area contributed by atoms with Crippen LogP contribution in [-0.4, -0.2) is 42.8 Å². The van der Waals surface area contributed by atoms with E-state index in [1.807, 2.05) is 24.1 Å². The number of carbonyl (C=O) groups excluding carboxylic acids is 2. The summed E-state index contributed by atoms with van der Waals surface area (Å²) in [7, 11) is 1.97. The van der Waals surface area contributed by atoms with Crippen LogP contribution in [0.2, 0.25) is 0 Å². The molecule has 0 atom stereocenters. The molecule has 3 rings (SSSR count). The van der Waals surface area contributed by atoms with Gasteiger partial charge in [0.15, 0.2) is 5.78 Å². The van der Waals surface area contributed by atoms with Crippen LogP contribution in [0.15, 0.2) is 18.2 Å². The highest BCUT2D eigenvalue weighted by Gasteiger charge is 2.22. The van der Waals surface area contributed by atoms with E-state index in [1.165, 1.54) is 17.5 Å². The number of amides is 1. The third kappa shape index (κ3) is 4.37. The first kappa shape index (κ1) is 18.9. The molecule has 0 unspecified atom stereocenters. The summed E-state index contributed by atoms with van der Waals surface area (Å²) in [4.78, 5) is 26.5. The average Bonchev–Trinajstić information content (AvgIpc) is 3.07. The molecule has 1 aliphatic heterocycles. The Labute approximate surface area is 150 Å². The normalized spacial score (nSPS) is 17.3. The molecule has 5 heteroatoms. The molecule has 1 N–H and O–H groups in total. The van der Waals surface area contributed by atoms with Crippen LogP contribution in [0, 0.1) is 0 Å². The van der Waals surface area contributed by atoms with Gasteiger partial charge in [-0.3, -0.25) is 9.59 Å². The fourth-order valence-electron chi connectivity index (χ4n) is 3.69. The second-order valence-corrected chi connectivity index (χ2v) is 6.70. The third-order valence-corrected chi connectivity index (χ3v) is 5.24. The van der Waals surface area contributed by atoms with Crippen LogP contribution in [0.3, 0.4) is 0 Å². The minimum absolute atomic E-state index is 0. The zero-order valence-corrected chi connectivity index (χ0v) is 15.2. The predicted octanol–water partition coefficient (Wildman–Crippen LogP) is 2.77. The number of likely N-dealkylation sites (tertiary alicyclic amines) is 1. The molecule has 24 heavy (non-hydrogen) atoms. The lowest BCUT2D eigenvalue weighted by atomic mass is 10.0. The second-order valence-electron chi connectivity index (χ2n) is 6.70. The van der Waals surface area contributed by atoms with Crippen molar-refractivity contribution in [2.45, 2.75) is 51.0 Å². The van der Waals surface area contributed by atoms with Crippen molar-refractivity contribution in [3.8, 4) is 0 Å². The summed E-state index contributed by atoms with van der Waals surface area (Å²) in [5.41, 5.74) is 3.47. The number of halogens is 1. The molecule has 1 aromatic carbocycles. The maximum atomic E-state index is 12.3. The van der Waals surface area contributed by atoms with E-state index in [1.54, 1.807) is 0 Å². The summed E-state index contributed by atoms with van der Waals surface area (Å²) >= 11 is 0. The zero-order valence-electron chi connectivity index (χ0n) is 14.3. The van der Waals surface area contributed by atoms with Crippen molar-refractivity contribution >= 4 is 24.1 Å². The van der Waals surface area contributed by atoms with Crippen molar-refractivity contribution < 1.29 is 9.59 Å². The molecule has 0 radical (unpaired) electrons. The standard InChI is InChI=1S/C19H26N2O2.ClH/c1-20-17-9-11-21(12-10-17)19(23)8-7-18(22)16-6-5-14-3-2-4-15(14)13-16;/h5-6,13,17,20H,2-4,7-12H2,1H3;1H. The minimum atomic E-state index is 0. The minimum Gasteiger partial charge on any atom is -0.343 e. The van der Waals surface area contributed by atoms with Crippen molar-refractivity contribution in [2.24, 2.45) is 0 Å². The predicted molar refractivity (Wildman–Crippen MR) is 97.9 cm³/mol. The topological polar surface area (TPSA) is 49.4 Å². The van der Waals surface area contributed by atoms with E-state index in [4.69, 9.17) is 0 Å². The molecule has 0 aromatic heterocycles. The summed E-state index contributed by atoms with van der Waals surface area (Å²) in [6.07, 6.45) is 6.06. The molecular weight excluding hydrogens is 324 g/mol. The molecule has 0 saturated carbocycles. The van der Waals surface area contributed by atoms with Gasteiger partial charge in [-0.25, -0.2) is 0 Å². The average molecular weight is 351 g/mol. The van der Waals surface area contributed by atoms with E-state index in [0.29, 0.717) is 18.9 Å². The van der Waals surface area contributed by atoms with Gasteiger partial charge in [0.2, 0.25) is 5.91 Å². The molecule has 132 valence electrons. The summed E-state index contributed by atoms with van der Waals surface area (Å²) in [6.45, 7) is 1.61. The van der Waals surface area contributed by atoms with Crippen molar-refractivity contribution in [2.75, 3.05) is 20.1 Å². The number of rotatable bonds is 5. The fraction of sp³-hybridized carbons (Fsp3) is 0.579. The van der Waals surface area contributed by atoms with Gasteiger partial charge in [0.25, 0.3) is 0 Å². The fourth-order valence-corrected chi connectivity index (χ4v) is 3.69. The second kappa shape index (κ2) is 8.63. The third-order valence-electron chi connectivity index (χ3n) is 5.24. The van der Waals surface area contributed by atoms with Gasteiger partial charge >= 0.3 is 0 Å². The van der Waals surface area contributed by atoms with Crippen molar-refractivity contribution in [3.05, 3.63) is 34.9 Å². The SMILES string of the molecule is CNC1CCN(C(=O)CCC(=O)c2ccc3c(c2)CCC3)CC1.Cl. The number of benzene rings is 1. The highest BCUT2D eigenvalue weighted by atomic mass is 35.5. The molecule has 0 spiro atoms. The highest BCUT2D eigenvalue weighted by molar-refractivity contribution is 5.98. The number of ketones is 1. The van der Waals surface area contributed by atoms with Gasteiger partial charge in [0, 0.05) is 37.5 Å². The quantitative estimate of drug-likeness (QED) is 0.831. The van der Waals surface area contributed by atoms with Crippen LogP contribution in [0.4, 0.5) is 0 Å². The summed E-state index contributed by atoms with van der Waals surface area (Å²) in [6, 6.07) is 6.56. The lowest BCUT2D eigenvalue weighted by Gasteiger charge is -2.31. The first-order valence-electron chi connectivity index (χ1n) is 8.77. The van der Waals surface area contributed by atoms with E-state index in [-0.39, 0.29) is 24.1 Å². The molecule has 1 aromatic rings. The first-order chi connectivity index (χ1) is 11.2. The van der Waals surface area contributed by atoms with Crippen LogP contribution in [0.25, 0.3) is 0 Å². The van der Waals surface area contributed by atoms with Crippen molar-refractivity contribution in [1.82, 2.24) is 10.2 Å². The molecule has 0 bridgehead atoms. The highest BCUT2D eigenvalue weighted by Crippen LogP contribution is 2.23. The van der Waals surface area contributed by atoms with Gasteiger partial charge in [0.05, 0.1) is 0 Å². The van der Waals surface area contributed by atoms with E-state index in [9.17, 15) is 9.59 Å². The van der Waals surface area contributed by atoms with Gasteiger partial charge in [0.1, 0.15) is 0 Å². The Hall–Kier alpha value is -1.39. The number of fused-ring (bicyclic) bond motifs is 1. The van der Waals surface area contributed by atoms with Crippen molar-refractivity contribution in [3.63, 3.8) is 0 Å². The molecule has 1 heterocycles. The molecule has 1 aliphatic carbocycles. The number of carbonyl (C=O) groups is 2. The Kier molecular flexibility index (Phi) is 6.81. The Morgan fingerprint density at radius 1 is 1.12 bits per heavy atom. The number of piperidine rings is 1. The monoisotopic (exact) mass is 350 g/mol. The molecular formula is C19H27ClN2O2. The zero-order chi connectivity index (χ0) is 16.2. The summed E-state index contributed by atoms with van der Waals surface area (Å²) in [5.74, 6) is 0.215. The Morgan fingerprint density at radius 2 is 1.83 bits per heavy atom. The van der Waals surface area contributed by atoms with Crippen molar-refractivity contribution in [1.29, 1.82) is 0 Å². The van der Waals surface area contributed by atoms with Gasteiger partial charge in [-0.15, -0.1) is 12.4 Å². The number of aryl methyl sites for hydroxylation is 2. The first-order valence-corrected chi connectivity index (χ1v) is 8.77. The number of hydrogen-bond acceptors (Lipinski definition) is 3. The summed E-state index contributed by atoms with van der Waals surface area (Å²) in [5, 5.41) is 3.26. The molecule has 1 fully saturated rings. The summed E-state index contributed by atoms with van der Waals surface area (Å²) < 4.78 is 0. The lowest BCUT2D eigenvalue weighted by Crippen LogP contribution is -2.44. The largest absolute Gasteiger partial charge is 0.343 e. The number of nitrogens with one attached hydrogen (secondary N) is 1. The van der Waals surface area contributed by atoms with Gasteiger partial charge in [-0.05, 0) is 56.3 Å². The molecule has 1 saturated heterocycles. The number of hydrogen-bond donors (Lipinski definition) is 1. The molecule has 1 amide bonds. The smallest absolute Gasteiger partial charge is 0.223 e. The maximum Gasteiger partial charge on any atom is 0.223 e. The Bertz CT molecular complexity index is 595. The lowest BCUT2D eigenvalue weighted by molar-refractivity contribution is -0.132. The molecule has 4 nitrogen and oxygen atoms in total. The van der Waals surface area contributed by atoms with Gasteiger partial charge in [-0.2, -0.15) is 0 Å². The maximum absolute atomic E-state index is 12.3. The van der Waals surface area contributed by atoms with E-state index >= 15 is 0 Å². The van der Waals surface area contributed by atoms with E-state index in [0.717, 1.165) is 44.3 Å². The van der Waals surface area contributed by atoms with Crippen LogP contribution >= 0.6 is 12.4 Å². The molecule has 2 aliphatic rings. The van der Waals surface area contributed by atoms with Crippen LogP contribution in [-0.2, 0) is 17.6 Å². The van der Waals surface area contributed by atoms with Crippen LogP contribution in [0.1, 0.15) is 53.6 Å². The van der Waals surface area contributed by atoms with E-state index < -0.39 is 0 Å². The van der Waals surface area contributed by atoms with Crippen LogP contribution < -0.4 is 5.32 Å². The van der Waals surface area contributed by atoms with Gasteiger partial charge in [-0.1, -0.05) is 12.1 Å². The van der Waals surface area contributed by atoms with Gasteiger partial charge < -0.3 is 10.2 Å². The Morgan fingerprint density at radius 3 is 2.54 bits per heavy atom. The Balaban J connectivity index is 0.00000208. The van der Waals surface area contributed by atoms with Crippen LogP contribution in [0.5, 0.6) is 0 Å². The number of nitrogens with zero attached hydrogens (tertiary/aromatic N) is 1. The number of Topliss-reactive ketones (excluding diaryl/α,β-unsaturated/α-hetero) is 1.